The molecule has 0 aromatic heterocycles. The van der Waals surface area contributed by atoms with Crippen LogP contribution in [-0.2, 0) is 11.2 Å². The first-order chi connectivity index (χ1) is 6.77. The number of ether oxygens (including phenoxy) is 1. The summed E-state index contributed by atoms with van der Waals surface area (Å²) in [6.45, 7) is 1.98. The minimum atomic E-state index is -0.506. The van der Waals surface area contributed by atoms with Gasteiger partial charge in [-0.2, -0.15) is 5.26 Å². The van der Waals surface area contributed by atoms with E-state index >= 15 is 0 Å². The van der Waals surface area contributed by atoms with Crippen molar-refractivity contribution >= 4 is 5.97 Å². The number of hydrogen-bond acceptors (Lipinski definition) is 3. The molecule has 0 spiro atoms. The highest BCUT2D eigenvalue weighted by atomic mass is 16.5. The fraction of sp³-hybridized carbons (Fsp3) is 0.273. The van der Waals surface area contributed by atoms with E-state index in [9.17, 15) is 4.79 Å². The molecule has 0 amide bonds. The van der Waals surface area contributed by atoms with Crippen LogP contribution >= 0.6 is 0 Å². The Morgan fingerprint density at radius 2 is 2.21 bits per heavy atom. The van der Waals surface area contributed by atoms with E-state index < -0.39 is 5.97 Å². The SMILES string of the molecule is CCc1ccccc1OC(=O)CC#N. The van der Waals surface area contributed by atoms with Crippen LogP contribution in [0.25, 0.3) is 0 Å². The molecule has 0 aliphatic rings. The van der Waals surface area contributed by atoms with Crippen LogP contribution in [0.3, 0.4) is 0 Å². The summed E-state index contributed by atoms with van der Waals surface area (Å²) in [5.41, 5.74) is 0.971. The first kappa shape index (κ1) is 10.3. The van der Waals surface area contributed by atoms with Gasteiger partial charge in [-0.1, -0.05) is 25.1 Å². The maximum absolute atomic E-state index is 11.0. The molecule has 1 aromatic rings. The molecule has 0 fully saturated rings. The van der Waals surface area contributed by atoms with Crippen LogP contribution in [0.1, 0.15) is 18.9 Å². The van der Waals surface area contributed by atoms with Crippen LogP contribution in [0.4, 0.5) is 0 Å². The monoisotopic (exact) mass is 189 g/mol. The number of nitrogens with zero attached hydrogens (tertiary/aromatic N) is 1. The first-order valence-corrected chi connectivity index (χ1v) is 4.43. The normalized spacial score (nSPS) is 9.14. The van der Waals surface area contributed by atoms with Gasteiger partial charge >= 0.3 is 5.97 Å². The third-order valence-electron chi connectivity index (χ3n) is 1.80. The third-order valence-corrected chi connectivity index (χ3v) is 1.80. The van der Waals surface area contributed by atoms with Gasteiger partial charge < -0.3 is 4.74 Å². The summed E-state index contributed by atoms with van der Waals surface area (Å²) in [7, 11) is 0. The predicted octanol–water partition coefficient (Wildman–Crippen LogP) is 2.07. The molecular formula is C11H11NO2. The average molecular weight is 189 g/mol. The largest absolute Gasteiger partial charge is 0.425 e. The van der Waals surface area contributed by atoms with Gasteiger partial charge in [-0.25, -0.2) is 0 Å². The quantitative estimate of drug-likeness (QED) is 0.540. The van der Waals surface area contributed by atoms with Crippen LogP contribution in [0.2, 0.25) is 0 Å². The van der Waals surface area contributed by atoms with Crippen LogP contribution in [-0.4, -0.2) is 5.97 Å². The average Bonchev–Trinajstić information content (AvgIpc) is 2.19. The molecule has 0 aliphatic heterocycles. The van der Waals surface area contributed by atoms with Gasteiger partial charge in [-0.15, -0.1) is 0 Å². The molecule has 3 heteroatoms. The molecule has 0 bridgehead atoms. The second-order valence-electron chi connectivity index (χ2n) is 2.77. The second kappa shape index (κ2) is 5.03. The van der Waals surface area contributed by atoms with E-state index in [-0.39, 0.29) is 6.42 Å². The Kier molecular flexibility index (Phi) is 3.69. The van der Waals surface area contributed by atoms with Gasteiger partial charge in [-0.05, 0) is 18.1 Å². The lowest BCUT2D eigenvalue weighted by Gasteiger charge is -2.06. The molecule has 0 aliphatic carbocycles. The molecule has 0 saturated heterocycles. The number of nitriles is 1. The Morgan fingerprint density at radius 3 is 2.86 bits per heavy atom. The van der Waals surface area contributed by atoms with E-state index in [1.165, 1.54) is 0 Å². The molecule has 0 radical (unpaired) electrons. The molecule has 0 saturated carbocycles. The van der Waals surface area contributed by atoms with Gasteiger partial charge in [0.1, 0.15) is 12.2 Å². The fourth-order valence-corrected chi connectivity index (χ4v) is 1.12. The summed E-state index contributed by atoms with van der Waals surface area (Å²) >= 11 is 0. The standard InChI is InChI=1S/C11H11NO2/c1-2-9-5-3-4-6-10(9)14-11(13)7-8-12/h3-6H,2,7H2,1H3. The van der Waals surface area contributed by atoms with E-state index in [0.29, 0.717) is 5.75 Å². The highest BCUT2D eigenvalue weighted by Gasteiger charge is 2.06. The summed E-state index contributed by atoms with van der Waals surface area (Å²) in [5, 5.41) is 8.29. The zero-order chi connectivity index (χ0) is 10.4. The summed E-state index contributed by atoms with van der Waals surface area (Å²) in [6, 6.07) is 9.07. The number of aryl methyl sites for hydroxylation is 1. The smallest absolute Gasteiger partial charge is 0.325 e. The van der Waals surface area contributed by atoms with Gasteiger partial charge in [-0.3, -0.25) is 4.79 Å². The third kappa shape index (κ3) is 2.60. The summed E-state index contributed by atoms with van der Waals surface area (Å²) in [4.78, 5) is 11.0. The Balaban J connectivity index is 2.76. The van der Waals surface area contributed by atoms with Crippen LogP contribution in [0.15, 0.2) is 24.3 Å². The zero-order valence-electron chi connectivity index (χ0n) is 7.99. The molecular weight excluding hydrogens is 178 g/mol. The fourth-order valence-electron chi connectivity index (χ4n) is 1.12. The van der Waals surface area contributed by atoms with Gasteiger partial charge in [0.05, 0.1) is 6.07 Å². The minimum Gasteiger partial charge on any atom is -0.425 e. The van der Waals surface area contributed by atoms with Gasteiger partial charge in [0, 0.05) is 0 Å². The number of carbonyl (C=O) groups excluding carboxylic acids is 1. The van der Waals surface area contributed by atoms with Crippen LogP contribution in [0, 0.1) is 11.3 Å². The topological polar surface area (TPSA) is 50.1 Å². The molecule has 14 heavy (non-hydrogen) atoms. The van der Waals surface area contributed by atoms with E-state index in [1.54, 1.807) is 18.2 Å². The molecule has 0 N–H and O–H groups in total. The Labute approximate surface area is 82.9 Å². The van der Waals surface area contributed by atoms with Crippen molar-refractivity contribution < 1.29 is 9.53 Å². The molecule has 3 nitrogen and oxygen atoms in total. The van der Waals surface area contributed by atoms with Gasteiger partial charge in [0.2, 0.25) is 0 Å². The number of benzene rings is 1. The van der Waals surface area contributed by atoms with E-state index in [0.717, 1.165) is 12.0 Å². The molecule has 0 unspecified atom stereocenters. The Morgan fingerprint density at radius 1 is 1.50 bits per heavy atom. The van der Waals surface area contributed by atoms with Crippen LogP contribution in [0.5, 0.6) is 5.75 Å². The highest BCUT2D eigenvalue weighted by molar-refractivity contribution is 5.74. The summed E-state index contributed by atoms with van der Waals surface area (Å²) in [6.07, 6.45) is 0.591. The van der Waals surface area contributed by atoms with Crippen molar-refractivity contribution in [3.05, 3.63) is 29.8 Å². The summed E-state index contributed by atoms with van der Waals surface area (Å²) in [5.74, 6) is 0.0450. The molecule has 0 atom stereocenters. The number of hydrogen-bond donors (Lipinski definition) is 0. The summed E-state index contributed by atoms with van der Waals surface area (Å²) < 4.78 is 5.02. The van der Waals surface area contributed by atoms with Gasteiger partial charge in [0.15, 0.2) is 0 Å². The number of carbonyl (C=O) groups is 1. The minimum absolute atomic E-state index is 0.210. The number of esters is 1. The zero-order valence-corrected chi connectivity index (χ0v) is 7.99. The van der Waals surface area contributed by atoms with Crippen molar-refractivity contribution in [2.75, 3.05) is 0 Å². The lowest BCUT2D eigenvalue weighted by atomic mass is 10.1. The Bertz CT molecular complexity index is 366. The van der Waals surface area contributed by atoms with Crippen molar-refractivity contribution in [1.29, 1.82) is 5.26 Å². The van der Waals surface area contributed by atoms with Crippen molar-refractivity contribution in [3.63, 3.8) is 0 Å². The van der Waals surface area contributed by atoms with Gasteiger partial charge in [0.25, 0.3) is 0 Å². The lowest BCUT2D eigenvalue weighted by molar-refractivity contribution is -0.133. The molecule has 72 valence electrons. The molecule has 0 heterocycles. The molecule has 1 rings (SSSR count). The Hall–Kier alpha value is -1.82. The highest BCUT2D eigenvalue weighted by Crippen LogP contribution is 2.18. The van der Waals surface area contributed by atoms with Crippen molar-refractivity contribution in [2.24, 2.45) is 0 Å². The number of rotatable bonds is 3. The maximum Gasteiger partial charge on any atom is 0.325 e. The van der Waals surface area contributed by atoms with Crippen molar-refractivity contribution in [2.45, 2.75) is 19.8 Å². The van der Waals surface area contributed by atoms with Crippen molar-refractivity contribution in [3.8, 4) is 11.8 Å². The van der Waals surface area contributed by atoms with Crippen molar-refractivity contribution in [1.82, 2.24) is 0 Å². The lowest BCUT2D eigenvalue weighted by Crippen LogP contribution is -2.07. The number of para-hydroxylation sites is 1. The van der Waals surface area contributed by atoms with E-state index in [4.69, 9.17) is 10.00 Å². The predicted molar refractivity (Wildman–Crippen MR) is 51.7 cm³/mol. The second-order valence-corrected chi connectivity index (χ2v) is 2.77. The van der Waals surface area contributed by atoms with Crippen LogP contribution < -0.4 is 4.74 Å². The molecule has 1 aromatic carbocycles. The van der Waals surface area contributed by atoms with E-state index in [1.807, 2.05) is 19.1 Å². The maximum atomic E-state index is 11.0. The first-order valence-electron chi connectivity index (χ1n) is 4.43. The van der Waals surface area contributed by atoms with E-state index in [2.05, 4.69) is 0 Å².